The molecule has 0 aliphatic carbocycles. The molecule has 0 heterocycles. The fraction of sp³-hybridized carbons (Fsp3) is 0.290. The Morgan fingerprint density at radius 2 is 0.919 bits per heavy atom. The molecule has 4 rings (SSSR count). The van der Waals surface area contributed by atoms with Gasteiger partial charge in [0.2, 0.25) is 0 Å². The monoisotopic (exact) mass is 498 g/mol. The zero-order chi connectivity index (χ0) is 25.7. The van der Waals surface area contributed by atoms with Crippen molar-refractivity contribution in [3.63, 3.8) is 0 Å². The van der Waals surface area contributed by atoms with E-state index in [1.165, 1.54) is 0 Å². The molecule has 0 atom stereocenters. The third kappa shape index (κ3) is 8.53. The van der Waals surface area contributed by atoms with E-state index in [4.69, 9.17) is 9.47 Å². The molecule has 0 unspecified atom stereocenters. The molecular formula is C31H34N2O4. The molecule has 0 radical (unpaired) electrons. The molecule has 6 nitrogen and oxygen atoms in total. The Morgan fingerprint density at radius 1 is 0.514 bits per heavy atom. The summed E-state index contributed by atoms with van der Waals surface area (Å²) in [6, 6.07) is 27.8. The lowest BCUT2D eigenvalue weighted by Gasteiger charge is -2.09. The molecule has 37 heavy (non-hydrogen) atoms. The van der Waals surface area contributed by atoms with Crippen LogP contribution in [-0.4, -0.2) is 38.1 Å². The predicted octanol–water partition coefficient (Wildman–Crippen LogP) is 5.63. The Morgan fingerprint density at radius 3 is 1.38 bits per heavy atom. The Kier molecular flexibility index (Phi) is 9.76. The second-order valence-corrected chi connectivity index (χ2v) is 9.06. The van der Waals surface area contributed by atoms with Crippen LogP contribution >= 0.6 is 0 Å². The molecule has 0 spiro atoms. The molecule has 2 N–H and O–H groups in total. The lowest BCUT2D eigenvalue weighted by Crippen LogP contribution is -2.30. The van der Waals surface area contributed by atoms with Gasteiger partial charge in [-0.05, 0) is 58.7 Å². The molecule has 6 heteroatoms. The number of rotatable bonds is 14. The number of nitrogens with one attached hydrogen (secondary N) is 2. The number of amides is 2. The van der Waals surface area contributed by atoms with Crippen molar-refractivity contribution in [3.05, 3.63) is 84.9 Å². The summed E-state index contributed by atoms with van der Waals surface area (Å²) in [6.45, 7) is 1.32. The molecule has 2 amide bonds. The van der Waals surface area contributed by atoms with Crippen molar-refractivity contribution in [1.82, 2.24) is 10.6 Å². The van der Waals surface area contributed by atoms with E-state index in [-0.39, 0.29) is 25.0 Å². The number of benzene rings is 4. The van der Waals surface area contributed by atoms with Crippen LogP contribution in [0.3, 0.4) is 0 Å². The predicted molar refractivity (Wildman–Crippen MR) is 148 cm³/mol. The Labute approximate surface area is 218 Å². The highest BCUT2D eigenvalue weighted by Crippen LogP contribution is 2.21. The van der Waals surface area contributed by atoms with Crippen molar-refractivity contribution in [2.24, 2.45) is 0 Å². The van der Waals surface area contributed by atoms with Crippen molar-refractivity contribution < 1.29 is 19.1 Å². The molecule has 192 valence electrons. The van der Waals surface area contributed by atoms with Crippen molar-refractivity contribution in [1.29, 1.82) is 0 Å². The first-order valence-electron chi connectivity index (χ1n) is 12.9. The van der Waals surface area contributed by atoms with Crippen LogP contribution in [0.5, 0.6) is 11.5 Å². The van der Waals surface area contributed by atoms with Crippen molar-refractivity contribution in [2.45, 2.75) is 32.1 Å². The van der Waals surface area contributed by atoms with Crippen LogP contribution < -0.4 is 20.1 Å². The zero-order valence-corrected chi connectivity index (χ0v) is 21.1. The van der Waals surface area contributed by atoms with Crippen molar-refractivity contribution in [3.8, 4) is 11.5 Å². The van der Waals surface area contributed by atoms with Gasteiger partial charge in [0.15, 0.2) is 13.2 Å². The van der Waals surface area contributed by atoms with Gasteiger partial charge < -0.3 is 20.1 Å². The van der Waals surface area contributed by atoms with E-state index in [0.717, 1.165) is 53.6 Å². The molecule has 0 fully saturated rings. The minimum Gasteiger partial charge on any atom is -0.484 e. The molecule has 4 aromatic rings. The number of ether oxygens (including phenoxy) is 2. The summed E-state index contributed by atoms with van der Waals surface area (Å²) in [5, 5.41) is 10.3. The summed E-state index contributed by atoms with van der Waals surface area (Å²) in [5.41, 5.74) is 0. The standard InChI is InChI=1S/C31H34N2O4/c34-30(22-36-28-16-14-24-10-4-6-12-26(24)20-28)32-18-8-2-1-3-9-19-33-31(35)23-37-29-17-15-25-11-5-7-13-27(25)21-29/h4-7,10-17,20-21H,1-3,8-9,18-19,22-23H2,(H,32,34)(H,33,35). The lowest BCUT2D eigenvalue weighted by atomic mass is 10.1. The van der Waals surface area contributed by atoms with Gasteiger partial charge in [-0.15, -0.1) is 0 Å². The quantitative estimate of drug-likeness (QED) is 0.221. The molecule has 0 bridgehead atoms. The van der Waals surface area contributed by atoms with Crippen molar-refractivity contribution >= 4 is 33.4 Å². The van der Waals surface area contributed by atoms with Crippen LogP contribution in [0, 0.1) is 0 Å². The highest BCUT2D eigenvalue weighted by Gasteiger charge is 2.05. The van der Waals surface area contributed by atoms with Crippen LogP contribution in [-0.2, 0) is 9.59 Å². The Bertz CT molecular complexity index is 1220. The molecule has 0 aliphatic rings. The van der Waals surface area contributed by atoms with E-state index in [2.05, 4.69) is 10.6 Å². The SMILES string of the molecule is O=C(COc1ccc2ccccc2c1)NCCCCCCCNC(=O)COc1ccc2ccccc2c1. The van der Waals surface area contributed by atoms with E-state index < -0.39 is 0 Å². The maximum Gasteiger partial charge on any atom is 0.257 e. The molecular weight excluding hydrogens is 464 g/mol. The second kappa shape index (κ2) is 13.9. The number of hydrogen-bond donors (Lipinski definition) is 2. The second-order valence-electron chi connectivity index (χ2n) is 9.06. The third-order valence-electron chi connectivity index (χ3n) is 6.18. The first-order valence-corrected chi connectivity index (χ1v) is 12.9. The molecule has 4 aromatic carbocycles. The number of unbranched alkanes of at least 4 members (excludes halogenated alkanes) is 4. The van der Waals surface area contributed by atoms with E-state index in [1.54, 1.807) is 0 Å². The number of hydrogen-bond acceptors (Lipinski definition) is 4. The number of fused-ring (bicyclic) bond motifs is 2. The third-order valence-corrected chi connectivity index (χ3v) is 6.18. The van der Waals surface area contributed by atoms with Gasteiger partial charge in [0.1, 0.15) is 11.5 Å². The minimum atomic E-state index is -0.109. The Hall–Kier alpha value is -4.06. The normalized spacial score (nSPS) is 10.8. The summed E-state index contributed by atoms with van der Waals surface area (Å²) in [6.07, 6.45) is 4.98. The van der Waals surface area contributed by atoms with Gasteiger partial charge in [0, 0.05) is 13.1 Å². The maximum atomic E-state index is 12.0. The van der Waals surface area contributed by atoms with Crippen LogP contribution in [0.15, 0.2) is 84.9 Å². The van der Waals surface area contributed by atoms with Gasteiger partial charge in [-0.25, -0.2) is 0 Å². The van der Waals surface area contributed by atoms with Crippen LogP contribution in [0.25, 0.3) is 21.5 Å². The van der Waals surface area contributed by atoms with Crippen molar-refractivity contribution in [2.75, 3.05) is 26.3 Å². The van der Waals surface area contributed by atoms with Gasteiger partial charge in [0.25, 0.3) is 11.8 Å². The van der Waals surface area contributed by atoms with Crippen LogP contribution in [0.2, 0.25) is 0 Å². The highest BCUT2D eigenvalue weighted by molar-refractivity contribution is 5.85. The van der Waals surface area contributed by atoms with E-state index in [1.807, 2.05) is 84.9 Å². The summed E-state index contributed by atoms with van der Waals surface area (Å²) < 4.78 is 11.2. The van der Waals surface area contributed by atoms with Gasteiger partial charge in [-0.1, -0.05) is 79.9 Å². The molecule has 0 aromatic heterocycles. The average molecular weight is 499 g/mol. The molecule has 0 saturated carbocycles. The van der Waals surface area contributed by atoms with Crippen LogP contribution in [0.1, 0.15) is 32.1 Å². The summed E-state index contributed by atoms with van der Waals surface area (Å²) in [5.74, 6) is 1.17. The van der Waals surface area contributed by atoms with Crippen LogP contribution in [0.4, 0.5) is 0 Å². The van der Waals surface area contributed by atoms with Gasteiger partial charge in [-0.2, -0.15) is 0 Å². The fourth-order valence-electron chi connectivity index (χ4n) is 4.15. The van der Waals surface area contributed by atoms with Gasteiger partial charge in [-0.3, -0.25) is 9.59 Å². The minimum absolute atomic E-state index is 0.0165. The van der Waals surface area contributed by atoms with Gasteiger partial charge in [0.05, 0.1) is 0 Å². The lowest BCUT2D eigenvalue weighted by molar-refractivity contribution is -0.123. The maximum absolute atomic E-state index is 12.0. The summed E-state index contributed by atoms with van der Waals surface area (Å²) in [7, 11) is 0. The zero-order valence-electron chi connectivity index (χ0n) is 21.1. The number of carbonyl (C=O) groups excluding carboxylic acids is 2. The fourth-order valence-corrected chi connectivity index (χ4v) is 4.15. The number of carbonyl (C=O) groups is 2. The molecule has 0 saturated heterocycles. The highest BCUT2D eigenvalue weighted by atomic mass is 16.5. The summed E-state index contributed by atoms with van der Waals surface area (Å²) >= 11 is 0. The topological polar surface area (TPSA) is 76.7 Å². The first kappa shape index (κ1) is 26.0. The smallest absolute Gasteiger partial charge is 0.257 e. The van der Waals surface area contributed by atoms with E-state index in [0.29, 0.717) is 24.6 Å². The van der Waals surface area contributed by atoms with E-state index in [9.17, 15) is 9.59 Å². The Balaban J connectivity index is 0.983. The largest absolute Gasteiger partial charge is 0.484 e. The first-order chi connectivity index (χ1) is 18.2. The average Bonchev–Trinajstić information content (AvgIpc) is 2.93. The van der Waals surface area contributed by atoms with Gasteiger partial charge >= 0.3 is 0 Å². The molecule has 0 aliphatic heterocycles. The van der Waals surface area contributed by atoms with E-state index >= 15 is 0 Å². The summed E-state index contributed by atoms with van der Waals surface area (Å²) in [4.78, 5) is 24.1.